The van der Waals surface area contributed by atoms with Crippen molar-refractivity contribution in [1.82, 2.24) is 0 Å². The second-order valence-electron chi connectivity index (χ2n) is 5.28. The first-order valence-corrected chi connectivity index (χ1v) is 9.89. The van der Waals surface area contributed by atoms with Crippen LogP contribution < -0.4 is 14.8 Å². The molecule has 0 heterocycles. The number of anilines is 2. The highest BCUT2D eigenvalue weighted by Gasteiger charge is 2.21. The summed E-state index contributed by atoms with van der Waals surface area (Å²) >= 11 is 3.30. The molecule has 2 N–H and O–H groups in total. The molecule has 2 aromatic carbocycles. The molecule has 0 aliphatic rings. The summed E-state index contributed by atoms with van der Waals surface area (Å²) in [6.45, 7) is 1.89. The second kappa shape index (κ2) is 8.35. The summed E-state index contributed by atoms with van der Waals surface area (Å²) in [6, 6.07) is 11.2. The molecular weight excluding hydrogens is 408 g/mol. The molecule has 2 rings (SSSR count). The lowest BCUT2D eigenvalue weighted by atomic mass is 10.2. The maximum Gasteiger partial charge on any atom is 0.265 e. The predicted molar refractivity (Wildman–Crippen MR) is 101 cm³/mol. The summed E-state index contributed by atoms with van der Waals surface area (Å²) in [6.07, 6.45) is 1.07. The molecule has 0 atom stereocenters. The van der Waals surface area contributed by atoms with E-state index in [4.69, 9.17) is 4.74 Å². The number of halogens is 1. The molecule has 6 nitrogen and oxygen atoms in total. The third-order valence-electron chi connectivity index (χ3n) is 3.31. The van der Waals surface area contributed by atoms with Crippen LogP contribution in [-0.2, 0) is 14.8 Å². The van der Waals surface area contributed by atoms with E-state index in [2.05, 4.69) is 26.0 Å². The largest absolute Gasteiger partial charge is 0.495 e. The highest BCUT2D eigenvalue weighted by Crippen LogP contribution is 2.29. The molecular formula is C17H19BrN2O4S. The SMILES string of the molecule is CCCC(=O)Nc1ccc(OC)c(S(=O)(=O)Nc2ccc(Br)cc2)c1. The van der Waals surface area contributed by atoms with Crippen molar-refractivity contribution < 1.29 is 17.9 Å². The van der Waals surface area contributed by atoms with Crippen LogP contribution >= 0.6 is 15.9 Å². The van der Waals surface area contributed by atoms with Gasteiger partial charge in [0, 0.05) is 22.3 Å². The Bertz CT molecular complexity index is 851. The molecule has 8 heteroatoms. The number of sulfonamides is 1. The molecule has 0 saturated carbocycles. The van der Waals surface area contributed by atoms with Gasteiger partial charge in [0.1, 0.15) is 10.6 Å². The van der Waals surface area contributed by atoms with Gasteiger partial charge < -0.3 is 10.1 Å². The molecule has 1 amide bonds. The van der Waals surface area contributed by atoms with E-state index >= 15 is 0 Å². The van der Waals surface area contributed by atoms with Crippen LogP contribution in [0.4, 0.5) is 11.4 Å². The standard InChI is InChI=1S/C17H19BrN2O4S/c1-3-4-17(21)19-14-9-10-15(24-2)16(11-14)25(22,23)20-13-7-5-12(18)6-8-13/h5-11,20H,3-4H2,1-2H3,(H,19,21). The minimum absolute atomic E-state index is 0.0489. The fraction of sp³-hybridized carbons (Fsp3) is 0.235. The minimum atomic E-state index is -3.88. The van der Waals surface area contributed by atoms with Crippen molar-refractivity contribution in [3.63, 3.8) is 0 Å². The normalized spacial score (nSPS) is 11.0. The zero-order valence-electron chi connectivity index (χ0n) is 13.9. The number of hydrogen-bond donors (Lipinski definition) is 2. The minimum Gasteiger partial charge on any atom is -0.495 e. The molecule has 0 aromatic heterocycles. The summed E-state index contributed by atoms with van der Waals surface area (Å²) in [5.74, 6) is 0.0231. The van der Waals surface area contributed by atoms with Crippen molar-refractivity contribution in [3.05, 3.63) is 46.9 Å². The maximum atomic E-state index is 12.7. The Morgan fingerprint density at radius 3 is 2.36 bits per heavy atom. The van der Waals surface area contributed by atoms with Crippen molar-refractivity contribution in [3.8, 4) is 5.75 Å². The molecule has 0 unspecified atom stereocenters. The van der Waals surface area contributed by atoms with Crippen LogP contribution in [0.25, 0.3) is 0 Å². The highest BCUT2D eigenvalue weighted by molar-refractivity contribution is 9.10. The first-order valence-electron chi connectivity index (χ1n) is 7.62. The summed E-state index contributed by atoms with van der Waals surface area (Å²) in [5.41, 5.74) is 0.820. The van der Waals surface area contributed by atoms with Crippen LogP contribution in [0, 0.1) is 0 Å². The number of amides is 1. The Labute approximate surface area is 155 Å². The summed E-state index contributed by atoms with van der Waals surface area (Å²) in [5, 5.41) is 2.69. The van der Waals surface area contributed by atoms with Gasteiger partial charge in [0.2, 0.25) is 5.91 Å². The maximum absolute atomic E-state index is 12.7. The van der Waals surface area contributed by atoms with Gasteiger partial charge in [-0.15, -0.1) is 0 Å². The highest BCUT2D eigenvalue weighted by atomic mass is 79.9. The Kier molecular flexibility index (Phi) is 6.44. The Morgan fingerprint density at radius 2 is 1.76 bits per heavy atom. The average Bonchev–Trinajstić information content (AvgIpc) is 2.57. The van der Waals surface area contributed by atoms with E-state index in [-0.39, 0.29) is 16.6 Å². The first-order chi connectivity index (χ1) is 11.9. The summed E-state index contributed by atoms with van der Waals surface area (Å²) in [4.78, 5) is 11.7. The summed E-state index contributed by atoms with van der Waals surface area (Å²) in [7, 11) is -2.49. The van der Waals surface area contributed by atoms with Crippen LogP contribution in [0.15, 0.2) is 51.8 Å². The van der Waals surface area contributed by atoms with Crippen molar-refractivity contribution >= 4 is 43.2 Å². The number of nitrogens with one attached hydrogen (secondary N) is 2. The average molecular weight is 427 g/mol. The van der Waals surface area contributed by atoms with E-state index in [1.54, 1.807) is 30.3 Å². The van der Waals surface area contributed by atoms with Crippen molar-refractivity contribution in [2.45, 2.75) is 24.7 Å². The molecule has 0 aliphatic heterocycles. The lowest BCUT2D eigenvalue weighted by Crippen LogP contribution is -2.15. The van der Waals surface area contributed by atoms with Crippen molar-refractivity contribution in [2.75, 3.05) is 17.1 Å². The van der Waals surface area contributed by atoms with Gasteiger partial charge in [-0.1, -0.05) is 22.9 Å². The van der Waals surface area contributed by atoms with Gasteiger partial charge in [0.05, 0.1) is 7.11 Å². The van der Waals surface area contributed by atoms with Gasteiger partial charge in [-0.2, -0.15) is 0 Å². The fourth-order valence-corrected chi connectivity index (χ4v) is 3.66. The second-order valence-corrected chi connectivity index (χ2v) is 7.84. The molecule has 0 fully saturated rings. The van der Waals surface area contributed by atoms with Crippen molar-refractivity contribution in [1.29, 1.82) is 0 Å². The van der Waals surface area contributed by atoms with Crippen LogP contribution in [0.3, 0.4) is 0 Å². The molecule has 0 spiro atoms. The fourth-order valence-electron chi connectivity index (χ4n) is 2.14. The quantitative estimate of drug-likeness (QED) is 0.700. The number of hydrogen-bond acceptors (Lipinski definition) is 4. The third-order valence-corrected chi connectivity index (χ3v) is 5.24. The van der Waals surface area contributed by atoms with Gasteiger partial charge in [-0.3, -0.25) is 9.52 Å². The predicted octanol–water partition coefficient (Wildman–Crippen LogP) is 4.00. The van der Waals surface area contributed by atoms with E-state index < -0.39 is 10.0 Å². The number of benzene rings is 2. The summed E-state index contributed by atoms with van der Waals surface area (Å²) < 4.78 is 33.9. The molecule has 0 aliphatic carbocycles. The number of methoxy groups -OCH3 is 1. The van der Waals surface area contributed by atoms with Gasteiger partial charge >= 0.3 is 0 Å². The van der Waals surface area contributed by atoms with Crippen LogP contribution in [0.1, 0.15) is 19.8 Å². The van der Waals surface area contributed by atoms with Gasteiger partial charge in [0.25, 0.3) is 10.0 Å². The number of carbonyl (C=O) groups excluding carboxylic acids is 1. The Hall–Kier alpha value is -2.06. The zero-order chi connectivity index (χ0) is 18.4. The molecule has 0 bridgehead atoms. The van der Waals surface area contributed by atoms with E-state index in [0.29, 0.717) is 24.2 Å². The van der Waals surface area contributed by atoms with E-state index in [9.17, 15) is 13.2 Å². The third kappa shape index (κ3) is 5.20. The molecule has 134 valence electrons. The van der Waals surface area contributed by atoms with Gasteiger partial charge in [-0.25, -0.2) is 8.42 Å². The molecule has 0 radical (unpaired) electrons. The molecule has 25 heavy (non-hydrogen) atoms. The number of carbonyl (C=O) groups is 1. The monoisotopic (exact) mass is 426 g/mol. The van der Waals surface area contributed by atoms with Crippen molar-refractivity contribution in [2.24, 2.45) is 0 Å². The van der Waals surface area contributed by atoms with Crippen LogP contribution in [-0.4, -0.2) is 21.4 Å². The lowest BCUT2D eigenvalue weighted by molar-refractivity contribution is -0.116. The molecule has 0 saturated heterocycles. The van der Waals surface area contributed by atoms with Gasteiger partial charge in [0.15, 0.2) is 0 Å². The van der Waals surface area contributed by atoms with Gasteiger partial charge in [-0.05, 0) is 48.9 Å². The topological polar surface area (TPSA) is 84.5 Å². The Balaban J connectivity index is 2.33. The smallest absolute Gasteiger partial charge is 0.265 e. The molecule has 2 aromatic rings. The number of ether oxygens (including phenoxy) is 1. The lowest BCUT2D eigenvalue weighted by Gasteiger charge is -2.13. The number of rotatable bonds is 7. The zero-order valence-corrected chi connectivity index (χ0v) is 16.3. The van der Waals surface area contributed by atoms with Crippen LogP contribution in [0.2, 0.25) is 0 Å². The van der Waals surface area contributed by atoms with E-state index in [0.717, 1.165) is 4.47 Å². The van der Waals surface area contributed by atoms with E-state index in [1.807, 2.05) is 6.92 Å². The van der Waals surface area contributed by atoms with E-state index in [1.165, 1.54) is 19.2 Å². The first kappa shape index (κ1) is 19.3. The Morgan fingerprint density at radius 1 is 1.12 bits per heavy atom. The van der Waals surface area contributed by atoms with Crippen LogP contribution in [0.5, 0.6) is 5.75 Å².